The predicted octanol–water partition coefficient (Wildman–Crippen LogP) is 6.16. The summed E-state index contributed by atoms with van der Waals surface area (Å²) in [5.41, 5.74) is 9.39. The average molecular weight is 576 g/mol. The number of halogens is 3. The first-order valence-electron chi connectivity index (χ1n) is 14.9. The van der Waals surface area contributed by atoms with Crippen LogP contribution in [0.4, 0.5) is 24.5 Å². The van der Waals surface area contributed by atoms with E-state index in [4.69, 9.17) is 11.5 Å². The Morgan fingerprint density at radius 2 is 1.59 bits per heavy atom. The number of anilines is 1. The highest BCUT2D eigenvalue weighted by Crippen LogP contribution is 2.39. The lowest BCUT2D eigenvalue weighted by Gasteiger charge is -2.32. The van der Waals surface area contributed by atoms with Gasteiger partial charge in [-0.1, -0.05) is 33.1 Å². The summed E-state index contributed by atoms with van der Waals surface area (Å²) in [7, 11) is 0. The highest BCUT2D eigenvalue weighted by Gasteiger charge is 2.42. The molecule has 5 rings (SSSR count). The third-order valence-corrected chi connectivity index (χ3v) is 8.18. The number of amides is 1. The topological polar surface area (TPSA) is 123 Å². The van der Waals surface area contributed by atoms with Gasteiger partial charge in [-0.15, -0.1) is 0 Å². The number of nitrogens with one attached hydrogen (secondary N) is 2. The lowest BCUT2D eigenvalue weighted by atomic mass is 9.73. The lowest BCUT2D eigenvalue weighted by molar-refractivity contribution is -0.119. The third-order valence-electron chi connectivity index (χ3n) is 8.18. The maximum Gasteiger partial charge on any atom is 0.431 e. The SMILES string of the molecule is C1CC1CNCC1CC1.CC1(C)CC(=O)/C(=C(/N)C(F)(F)F)C(=Nc2ccc(C(N)=O)c(NC3CCCCC3)c2)C1. The van der Waals surface area contributed by atoms with Gasteiger partial charge in [0.1, 0.15) is 5.70 Å². The number of hydrogen-bond acceptors (Lipinski definition) is 6. The van der Waals surface area contributed by atoms with Crippen LogP contribution in [-0.4, -0.2) is 42.7 Å². The molecular weight excluding hydrogens is 531 g/mol. The van der Waals surface area contributed by atoms with E-state index in [1.54, 1.807) is 19.9 Å². The molecule has 0 atom stereocenters. The molecule has 226 valence electrons. The number of nitrogens with zero attached hydrogens (tertiary/aromatic N) is 1. The standard InChI is InChI=1S/C23H29F3N4O2.C8H15N/c1-22(2)11-17(19(18(31)12-22)20(27)23(24,25)26)30-14-8-9-15(21(28)32)16(10-14)29-13-6-4-3-5-7-13;1-2-7(1)5-9-6-8-3-4-8/h8-10,13,29H,3-7,11-12,27H2,1-2H3,(H2,28,32);7-9H,1-6H2/b20-19+,30-17?;. The van der Waals surface area contributed by atoms with Gasteiger partial charge in [-0.3, -0.25) is 14.6 Å². The molecule has 0 spiro atoms. The molecule has 0 heterocycles. The summed E-state index contributed by atoms with van der Waals surface area (Å²) in [6.07, 6.45) is 6.43. The Morgan fingerprint density at radius 3 is 2.12 bits per heavy atom. The smallest absolute Gasteiger partial charge is 0.394 e. The lowest BCUT2D eigenvalue weighted by Crippen LogP contribution is -2.36. The average Bonchev–Trinajstić information content (AvgIpc) is 3.80. The number of carbonyl (C=O) groups excluding carboxylic acids is 2. The van der Waals surface area contributed by atoms with Crippen LogP contribution in [0, 0.1) is 17.3 Å². The van der Waals surface area contributed by atoms with Gasteiger partial charge in [0.15, 0.2) is 5.78 Å². The van der Waals surface area contributed by atoms with Crippen LogP contribution in [0.15, 0.2) is 34.5 Å². The van der Waals surface area contributed by atoms with Gasteiger partial charge in [0.25, 0.3) is 5.91 Å². The predicted molar refractivity (Wildman–Crippen MR) is 156 cm³/mol. The number of ketones is 1. The van der Waals surface area contributed by atoms with E-state index in [2.05, 4.69) is 15.6 Å². The minimum Gasteiger partial charge on any atom is -0.394 e. The molecule has 0 aromatic heterocycles. The van der Waals surface area contributed by atoms with Crippen molar-refractivity contribution in [1.29, 1.82) is 0 Å². The molecule has 1 aromatic rings. The summed E-state index contributed by atoms with van der Waals surface area (Å²) < 4.78 is 40.0. The molecule has 1 amide bonds. The Morgan fingerprint density at radius 1 is 0.976 bits per heavy atom. The molecule has 4 fully saturated rings. The van der Waals surface area contributed by atoms with Gasteiger partial charge >= 0.3 is 6.18 Å². The monoisotopic (exact) mass is 575 g/mol. The van der Waals surface area contributed by atoms with Crippen LogP contribution in [0.25, 0.3) is 0 Å². The second-order valence-corrected chi connectivity index (χ2v) is 12.9. The Balaban J connectivity index is 0.000000360. The number of rotatable bonds is 8. The van der Waals surface area contributed by atoms with E-state index in [0.717, 1.165) is 43.9 Å². The van der Waals surface area contributed by atoms with Gasteiger partial charge in [-0.2, -0.15) is 13.2 Å². The number of alkyl halides is 3. The van der Waals surface area contributed by atoms with Crippen LogP contribution in [-0.2, 0) is 4.79 Å². The van der Waals surface area contributed by atoms with Gasteiger partial charge in [-0.05, 0) is 93.5 Å². The van der Waals surface area contributed by atoms with E-state index >= 15 is 0 Å². The number of benzene rings is 1. The third kappa shape index (κ3) is 9.31. The van der Waals surface area contributed by atoms with Crippen molar-refractivity contribution < 1.29 is 22.8 Å². The molecule has 1 aromatic carbocycles. The molecule has 4 aliphatic rings. The zero-order valence-corrected chi connectivity index (χ0v) is 24.2. The first-order valence-corrected chi connectivity index (χ1v) is 14.9. The summed E-state index contributed by atoms with van der Waals surface area (Å²) in [6.45, 7) is 6.20. The van der Waals surface area contributed by atoms with Gasteiger partial charge in [0, 0.05) is 18.2 Å². The second-order valence-electron chi connectivity index (χ2n) is 12.9. The van der Waals surface area contributed by atoms with E-state index in [0.29, 0.717) is 11.4 Å². The van der Waals surface area contributed by atoms with Crippen LogP contribution in [0.3, 0.4) is 0 Å². The Bertz CT molecular complexity index is 1160. The summed E-state index contributed by atoms with van der Waals surface area (Å²) in [6, 6.07) is 4.78. The molecule has 0 saturated heterocycles. The largest absolute Gasteiger partial charge is 0.431 e. The molecule has 41 heavy (non-hydrogen) atoms. The van der Waals surface area contributed by atoms with Crippen molar-refractivity contribution in [2.24, 2.45) is 33.7 Å². The van der Waals surface area contributed by atoms with E-state index < -0.39 is 34.6 Å². The number of aliphatic imine (C=N–C) groups is 1. The Labute approximate surface area is 240 Å². The zero-order chi connectivity index (χ0) is 29.8. The fraction of sp³-hybridized carbons (Fsp3) is 0.645. The fourth-order valence-corrected chi connectivity index (χ4v) is 5.53. The van der Waals surface area contributed by atoms with Crippen molar-refractivity contribution >= 4 is 28.8 Å². The van der Waals surface area contributed by atoms with Crippen molar-refractivity contribution in [2.45, 2.75) is 96.7 Å². The maximum atomic E-state index is 13.3. The van der Waals surface area contributed by atoms with E-state index in [1.165, 1.54) is 50.9 Å². The van der Waals surface area contributed by atoms with Gasteiger partial charge in [0.05, 0.1) is 22.5 Å². The van der Waals surface area contributed by atoms with Crippen molar-refractivity contribution in [1.82, 2.24) is 5.32 Å². The van der Waals surface area contributed by atoms with Crippen LogP contribution in [0.2, 0.25) is 0 Å². The Hall–Kier alpha value is -2.88. The van der Waals surface area contributed by atoms with Crippen molar-refractivity contribution in [3.8, 4) is 0 Å². The first-order chi connectivity index (χ1) is 19.3. The summed E-state index contributed by atoms with van der Waals surface area (Å²) in [5.74, 6) is 0.829. The zero-order valence-electron chi connectivity index (χ0n) is 24.2. The molecule has 0 aliphatic heterocycles. The summed E-state index contributed by atoms with van der Waals surface area (Å²) in [4.78, 5) is 28.9. The first kappa shape index (κ1) is 31.1. The maximum absolute atomic E-state index is 13.3. The highest BCUT2D eigenvalue weighted by molar-refractivity contribution is 6.25. The number of carbonyl (C=O) groups is 2. The van der Waals surface area contributed by atoms with Crippen LogP contribution in [0.1, 0.15) is 94.8 Å². The highest BCUT2D eigenvalue weighted by atomic mass is 19.4. The molecule has 4 saturated carbocycles. The van der Waals surface area contributed by atoms with Gasteiger partial charge in [-0.25, -0.2) is 0 Å². The van der Waals surface area contributed by atoms with E-state index in [9.17, 15) is 22.8 Å². The number of primary amides is 1. The molecule has 0 unspecified atom stereocenters. The number of allylic oxidation sites excluding steroid dienone is 2. The minimum atomic E-state index is -4.84. The molecule has 7 nitrogen and oxygen atoms in total. The van der Waals surface area contributed by atoms with Gasteiger partial charge < -0.3 is 22.1 Å². The van der Waals surface area contributed by atoms with Crippen molar-refractivity contribution in [3.63, 3.8) is 0 Å². The van der Waals surface area contributed by atoms with E-state index in [1.807, 2.05) is 0 Å². The normalized spacial score (nSPS) is 23.5. The van der Waals surface area contributed by atoms with Crippen LogP contribution >= 0.6 is 0 Å². The van der Waals surface area contributed by atoms with Crippen LogP contribution in [0.5, 0.6) is 0 Å². The number of nitrogens with two attached hydrogens (primary N) is 2. The van der Waals surface area contributed by atoms with Crippen LogP contribution < -0.4 is 22.1 Å². The van der Waals surface area contributed by atoms with Crippen molar-refractivity contribution in [3.05, 3.63) is 35.0 Å². The molecular formula is C31H44F3N5O2. The second kappa shape index (κ2) is 13.0. The summed E-state index contributed by atoms with van der Waals surface area (Å²) in [5, 5.41) is 6.85. The molecule has 6 N–H and O–H groups in total. The molecule has 0 radical (unpaired) electrons. The van der Waals surface area contributed by atoms with Crippen molar-refractivity contribution in [2.75, 3.05) is 18.4 Å². The fourth-order valence-electron chi connectivity index (χ4n) is 5.53. The summed E-state index contributed by atoms with van der Waals surface area (Å²) >= 11 is 0. The number of hydrogen-bond donors (Lipinski definition) is 4. The number of Topliss-reactive ketones (excluding diaryl/α,β-unsaturated/α-hetero) is 1. The Kier molecular flexibility index (Phi) is 9.82. The van der Waals surface area contributed by atoms with E-state index in [-0.39, 0.29) is 30.2 Å². The minimum absolute atomic E-state index is 0.00323. The van der Waals surface area contributed by atoms with Gasteiger partial charge in [0.2, 0.25) is 0 Å². The molecule has 0 bridgehead atoms. The molecule has 10 heteroatoms. The quantitative estimate of drug-likeness (QED) is 0.277. The molecule has 4 aliphatic carbocycles.